The highest BCUT2D eigenvalue weighted by Crippen LogP contribution is 2.31. The number of aryl methyl sites for hydroxylation is 1. The Morgan fingerprint density at radius 3 is 2.59 bits per heavy atom. The number of hydrogen-bond acceptors (Lipinski definition) is 5. The molecule has 0 bridgehead atoms. The third-order valence-corrected chi connectivity index (χ3v) is 5.21. The van der Waals surface area contributed by atoms with Crippen LogP contribution in [-0.2, 0) is 6.54 Å². The van der Waals surface area contributed by atoms with E-state index in [0.29, 0.717) is 21.9 Å². The molecule has 3 rings (SSSR count). The van der Waals surface area contributed by atoms with E-state index in [9.17, 15) is 4.79 Å². The minimum atomic E-state index is -0.367. The summed E-state index contributed by atoms with van der Waals surface area (Å²) in [6.45, 7) is 2.87. The number of amides is 1. The number of carbonyl (C=O) groups excluding carboxylic acids is 1. The van der Waals surface area contributed by atoms with Crippen LogP contribution < -0.4 is 19.0 Å². The molecule has 27 heavy (non-hydrogen) atoms. The average Bonchev–Trinajstić information content (AvgIpc) is 3.03. The van der Waals surface area contributed by atoms with Crippen LogP contribution in [0.4, 0.5) is 0 Å². The number of fused-ring (bicyclic) bond motifs is 1. The summed E-state index contributed by atoms with van der Waals surface area (Å²) in [5, 5.41) is 0. The SMILES string of the molecule is CCCn1c(=NC(=O)c2cccc(OC)c2OC)sc2cc(OC)ccc21. The Hall–Kier alpha value is -2.80. The van der Waals surface area contributed by atoms with Gasteiger partial charge in [0.1, 0.15) is 5.75 Å². The Kier molecular flexibility index (Phi) is 5.81. The number of rotatable bonds is 6. The first kappa shape index (κ1) is 19.0. The molecular weight excluding hydrogens is 364 g/mol. The van der Waals surface area contributed by atoms with E-state index in [4.69, 9.17) is 14.2 Å². The number of ether oxygens (including phenoxy) is 3. The Bertz CT molecular complexity index is 1040. The second kappa shape index (κ2) is 8.26. The van der Waals surface area contributed by atoms with Crippen LogP contribution in [0.2, 0.25) is 0 Å². The van der Waals surface area contributed by atoms with Crippen molar-refractivity contribution in [3.05, 3.63) is 46.8 Å². The van der Waals surface area contributed by atoms with Crippen LogP contribution in [0.3, 0.4) is 0 Å². The molecule has 6 nitrogen and oxygen atoms in total. The van der Waals surface area contributed by atoms with E-state index in [1.54, 1.807) is 25.3 Å². The second-order valence-electron chi connectivity index (χ2n) is 5.83. The quantitative estimate of drug-likeness (QED) is 0.645. The standard InChI is InChI=1S/C20H22N2O4S/c1-5-11-22-15-10-9-13(24-2)12-17(15)27-20(22)21-19(23)14-7-6-8-16(25-3)18(14)26-4/h6-10,12H,5,11H2,1-4H3. The van der Waals surface area contributed by atoms with Gasteiger partial charge in [-0.1, -0.05) is 24.3 Å². The molecule has 0 saturated carbocycles. The highest BCUT2D eigenvalue weighted by Gasteiger charge is 2.17. The number of hydrogen-bond donors (Lipinski definition) is 0. The van der Waals surface area contributed by atoms with Gasteiger partial charge >= 0.3 is 0 Å². The lowest BCUT2D eigenvalue weighted by molar-refractivity contribution is 0.0994. The number of aromatic nitrogens is 1. The third-order valence-electron chi connectivity index (χ3n) is 4.17. The van der Waals surface area contributed by atoms with Crippen molar-refractivity contribution >= 4 is 27.5 Å². The van der Waals surface area contributed by atoms with E-state index in [0.717, 1.165) is 28.9 Å². The number of nitrogens with zero attached hydrogens (tertiary/aromatic N) is 2. The molecule has 0 aliphatic heterocycles. The van der Waals surface area contributed by atoms with E-state index in [2.05, 4.69) is 16.5 Å². The first-order valence-corrected chi connectivity index (χ1v) is 9.42. The largest absolute Gasteiger partial charge is 0.497 e. The summed E-state index contributed by atoms with van der Waals surface area (Å²) in [4.78, 5) is 17.9. The van der Waals surface area contributed by atoms with Crippen LogP contribution in [0.1, 0.15) is 23.7 Å². The van der Waals surface area contributed by atoms with Crippen LogP contribution in [0.25, 0.3) is 10.2 Å². The maximum Gasteiger partial charge on any atom is 0.283 e. The number of thiazole rings is 1. The molecule has 0 spiro atoms. The Balaban J connectivity index is 2.15. The van der Waals surface area contributed by atoms with Crippen LogP contribution in [0.15, 0.2) is 41.4 Å². The van der Waals surface area contributed by atoms with Crippen LogP contribution in [0, 0.1) is 0 Å². The molecule has 0 atom stereocenters. The molecule has 2 aromatic carbocycles. The zero-order valence-electron chi connectivity index (χ0n) is 15.8. The summed E-state index contributed by atoms with van der Waals surface area (Å²) < 4.78 is 19.0. The lowest BCUT2D eigenvalue weighted by Crippen LogP contribution is -2.17. The molecule has 0 unspecified atom stereocenters. The van der Waals surface area contributed by atoms with Gasteiger partial charge in [0, 0.05) is 6.54 Å². The molecule has 0 fully saturated rings. The van der Waals surface area contributed by atoms with Gasteiger partial charge < -0.3 is 18.8 Å². The minimum Gasteiger partial charge on any atom is -0.497 e. The zero-order valence-corrected chi connectivity index (χ0v) is 16.6. The van der Waals surface area contributed by atoms with Crippen LogP contribution in [-0.4, -0.2) is 31.8 Å². The Labute approximate surface area is 161 Å². The highest BCUT2D eigenvalue weighted by molar-refractivity contribution is 7.16. The fraction of sp³-hybridized carbons (Fsp3) is 0.300. The van der Waals surface area contributed by atoms with Gasteiger partial charge in [0.15, 0.2) is 16.3 Å². The van der Waals surface area contributed by atoms with Crippen LogP contribution >= 0.6 is 11.3 Å². The molecule has 0 radical (unpaired) electrons. The van der Waals surface area contributed by atoms with Crippen LogP contribution in [0.5, 0.6) is 17.2 Å². The van der Waals surface area contributed by atoms with E-state index in [1.165, 1.54) is 25.6 Å². The van der Waals surface area contributed by atoms with Gasteiger partial charge in [-0.25, -0.2) is 0 Å². The molecule has 142 valence electrons. The molecule has 0 aliphatic rings. The van der Waals surface area contributed by atoms with Gasteiger partial charge in [0.05, 0.1) is 37.1 Å². The first-order valence-electron chi connectivity index (χ1n) is 8.60. The molecule has 3 aromatic rings. The monoisotopic (exact) mass is 386 g/mol. The zero-order chi connectivity index (χ0) is 19.4. The van der Waals surface area contributed by atoms with Crippen molar-refractivity contribution in [3.8, 4) is 17.2 Å². The number of methoxy groups -OCH3 is 3. The van der Waals surface area contributed by atoms with Crippen molar-refractivity contribution in [2.45, 2.75) is 19.9 Å². The summed E-state index contributed by atoms with van der Waals surface area (Å²) in [6.07, 6.45) is 0.932. The summed E-state index contributed by atoms with van der Waals surface area (Å²) in [7, 11) is 4.69. The smallest absolute Gasteiger partial charge is 0.283 e. The second-order valence-corrected chi connectivity index (χ2v) is 6.84. The fourth-order valence-corrected chi connectivity index (χ4v) is 3.99. The van der Waals surface area contributed by atoms with Crippen molar-refractivity contribution < 1.29 is 19.0 Å². The molecule has 1 heterocycles. The maximum atomic E-state index is 12.9. The lowest BCUT2D eigenvalue weighted by Gasteiger charge is -2.10. The van der Waals surface area contributed by atoms with E-state index in [-0.39, 0.29) is 5.91 Å². The summed E-state index contributed by atoms with van der Waals surface area (Å²) >= 11 is 1.46. The summed E-state index contributed by atoms with van der Waals surface area (Å²) in [5.74, 6) is 1.30. The average molecular weight is 386 g/mol. The number of para-hydroxylation sites is 1. The first-order chi connectivity index (χ1) is 13.1. The summed E-state index contributed by atoms with van der Waals surface area (Å²) in [5.41, 5.74) is 1.40. The summed E-state index contributed by atoms with van der Waals surface area (Å²) in [6, 6.07) is 11.1. The lowest BCUT2D eigenvalue weighted by atomic mass is 10.2. The molecule has 0 aliphatic carbocycles. The third kappa shape index (κ3) is 3.68. The van der Waals surface area contributed by atoms with Gasteiger partial charge in [0.2, 0.25) is 0 Å². The van der Waals surface area contributed by atoms with Gasteiger partial charge in [0.25, 0.3) is 5.91 Å². The van der Waals surface area contributed by atoms with Gasteiger partial charge in [-0.2, -0.15) is 4.99 Å². The van der Waals surface area contributed by atoms with Crippen molar-refractivity contribution in [1.29, 1.82) is 0 Å². The minimum absolute atomic E-state index is 0.367. The predicted octanol–water partition coefficient (Wildman–Crippen LogP) is 3.88. The normalized spacial score (nSPS) is 11.6. The highest BCUT2D eigenvalue weighted by atomic mass is 32.1. The molecule has 0 N–H and O–H groups in total. The van der Waals surface area contributed by atoms with Crippen molar-refractivity contribution in [3.63, 3.8) is 0 Å². The fourth-order valence-electron chi connectivity index (χ4n) is 2.91. The van der Waals surface area contributed by atoms with Crippen molar-refractivity contribution in [1.82, 2.24) is 4.57 Å². The Morgan fingerprint density at radius 2 is 1.93 bits per heavy atom. The molecule has 7 heteroatoms. The molecule has 0 saturated heterocycles. The van der Waals surface area contributed by atoms with Crippen molar-refractivity contribution in [2.24, 2.45) is 4.99 Å². The van der Waals surface area contributed by atoms with Gasteiger partial charge in [-0.3, -0.25) is 4.79 Å². The predicted molar refractivity (Wildman–Crippen MR) is 106 cm³/mol. The van der Waals surface area contributed by atoms with Gasteiger partial charge in [-0.15, -0.1) is 0 Å². The van der Waals surface area contributed by atoms with Gasteiger partial charge in [-0.05, 0) is 36.8 Å². The number of benzene rings is 2. The molecule has 1 aromatic heterocycles. The van der Waals surface area contributed by atoms with E-state index in [1.807, 2.05) is 18.2 Å². The van der Waals surface area contributed by atoms with Crippen molar-refractivity contribution in [2.75, 3.05) is 21.3 Å². The molecule has 1 amide bonds. The number of carbonyl (C=O) groups is 1. The molecular formula is C20H22N2O4S. The van der Waals surface area contributed by atoms with E-state index >= 15 is 0 Å². The topological polar surface area (TPSA) is 62.1 Å². The Morgan fingerprint density at radius 1 is 1.11 bits per heavy atom. The van der Waals surface area contributed by atoms with E-state index < -0.39 is 0 Å². The maximum absolute atomic E-state index is 12.9.